The normalized spacial score (nSPS) is 43.8. The van der Waals surface area contributed by atoms with Gasteiger partial charge in [0.1, 0.15) is 18.0 Å². The summed E-state index contributed by atoms with van der Waals surface area (Å²) in [6.45, 7) is 23.0. The Morgan fingerprint density at radius 2 is 1.88 bits per heavy atom. The van der Waals surface area contributed by atoms with Crippen molar-refractivity contribution in [3.63, 3.8) is 0 Å². The molecule has 0 bridgehead atoms. The second-order valence-corrected chi connectivity index (χ2v) is 14.3. The second kappa shape index (κ2) is 9.62. The molecule has 1 aliphatic heterocycles. The van der Waals surface area contributed by atoms with Crippen LogP contribution in [0.2, 0.25) is 0 Å². The van der Waals surface area contributed by atoms with E-state index in [1.165, 1.54) is 0 Å². The first kappa shape index (κ1) is 31.2. The topological polar surface area (TPSA) is 112 Å². The van der Waals surface area contributed by atoms with Crippen molar-refractivity contribution in [1.29, 1.82) is 0 Å². The number of rotatable bonds is 6. The highest BCUT2D eigenvalue weighted by Gasteiger charge is 2.88. The molecular weight excluding hydrogens is 536 g/mol. The average Bonchev–Trinajstić information content (AvgIpc) is 3.34. The van der Waals surface area contributed by atoms with Gasteiger partial charge in [0.05, 0.1) is 18.1 Å². The number of Topliss-reactive ketones (excluding diaryl/α,β-unsaturated/α-hetero) is 1. The summed E-state index contributed by atoms with van der Waals surface area (Å²) in [5.41, 5.74) is -3.64. The van der Waals surface area contributed by atoms with Gasteiger partial charge in [0.25, 0.3) is 0 Å². The second-order valence-electron chi connectivity index (χ2n) is 14.3. The fourth-order valence-corrected chi connectivity index (χ4v) is 8.39. The van der Waals surface area contributed by atoms with Gasteiger partial charge in [-0.2, -0.15) is 0 Å². The molecule has 0 amide bonds. The predicted molar refractivity (Wildman–Crippen MR) is 157 cm³/mol. The maximum Gasteiger partial charge on any atom is 0.309 e. The van der Waals surface area contributed by atoms with E-state index in [1.54, 1.807) is 26.8 Å². The van der Waals surface area contributed by atoms with Crippen LogP contribution in [0, 0.1) is 35.0 Å². The summed E-state index contributed by atoms with van der Waals surface area (Å²) in [6, 6.07) is 0. The Morgan fingerprint density at radius 3 is 2.48 bits per heavy atom. The minimum atomic E-state index is -2.05. The lowest BCUT2D eigenvalue weighted by atomic mass is 9.58. The van der Waals surface area contributed by atoms with E-state index in [0.29, 0.717) is 23.3 Å². The number of carbonyl (C=O) groups excluding carboxylic acids is 2. The first-order chi connectivity index (χ1) is 19.4. The van der Waals surface area contributed by atoms with E-state index in [1.807, 2.05) is 60.6 Å². The van der Waals surface area contributed by atoms with Gasteiger partial charge in [0, 0.05) is 29.1 Å². The maximum atomic E-state index is 13.8. The molecule has 5 rings (SSSR count). The molecular formula is C34H48O8. The first-order valence-electron chi connectivity index (χ1n) is 15.3. The van der Waals surface area contributed by atoms with Crippen LogP contribution in [0.1, 0.15) is 75.7 Å². The molecule has 3 fully saturated rings. The van der Waals surface area contributed by atoms with Gasteiger partial charge in [-0.3, -0.25) is 9.59 Å². The van der Waals surface area contributed by atoms with Crippen LogP contribution in [0.3, 0.4) is 0 Å². The standard InChI is InChI=1S/C34H48O8/c1-12-17(3)21(7)40-27-20(6)32(37)23(25-30(8,9)34(25,27)42-29(36)18(4)13-2)15-22-16-39-31(10,11)41-28(22)33(38)24(32)14-19(5)26(33)35/h12,14-15,18,20,23-25,27-28,37-38H,7,13,16H2,1-6,8-11H3/b17-12+/t18-,20+,23?,24-,25+,27+,28+,32+,33+,34+/m0/s1. The number of aliphatic hydroxyl groups is 2. The lowest BCUT2D eigenvalue weighted by Gasteiger charge is -2.54. The highest BCUT2D eigenvalue weighted by Crippen LogP contribution is 2.77. The van der Waals surface area contributed by atoms with Gasteiger partial charge in [-0.25, -0.2) is 0 Å². The number of hydrogen-bond donors (Lipinski definition) is 2. The third kappa shape index (κ3) is 3.87. The molecule has 8 nitrogen and oxygen atoms in total. The quantitative estimate of drug-likeness (QED) is 0.198. The van der Waals surface area contributed by atoms with Crippen molar-refractivity contribution in [3.8, 4) is 0 Å². The highest BCUT2D eigenvalue weighted by molar-refractivity contribution is 6.05. The summed E-state index contributed by atoms with van der Waals surface area (Å²) in [6.07, 6.45) is 4.31. The molecule has 2 saturated carbocycles. The van der Waals surface area contributed by atoms with E-state index in [-0.39, 0.29) is 18.5 Å². The summed E-state index contributed by atoms with van der Waals surface area (Å²) < 4.78 is 25.5. The van der Waals surface area contributed by atoms with E-state index in [9.17, 15) is 19.8 Å². The minimum Gasteiger partial charge on any atom is -0.486 e. The number of fused-ring (bicyclic) bond motifs is 7. The monoisotopic (exact) mass is 584 g/mol. The number of esters is 1. The predicted octanol–water partition coefficient (Wildman–Crippen LogP) is 4.80. The van der Waals surface area contributed by atoms with Crippen LogP contribution in [-0.4, -0.2) is 63.4 Å². The van der Waals surface area contributed by atoms with Crippen molar-refractivity contribution < 1.29 is 38.7 Å². The zero-order valence-corrected chi connectivity index (χ0v) is 26.7. The maximum absolute atomic E-state index is 13.8. The largest absolute Gasteiger partial charge is 0.486 e. The van der Waals surface area contributed by atoms with Crippen molar-refractivity contribution in [3.05, 3.63) is 47.3 Å². The highest BCUT2D eigenvalue weighted by atomic mass is 16.7. The minimum absolute atomic E-state index is 0.129. The molecule has 1 heterocycles. The van der Waals surface area contributed by atoms with E-state index in [0.717, 1.165) is 5.57 Å². The van der Waals surface area contributed by atoms with Crippen molar-refractivity contribution in [2.24, 2.45) is 35.0 Å². The van der Waals surface area contributed by atoms with Gasteiger partial charge in [-0.15, -0.1) is 0 Å². The molecule has 0 spiro atoms. The molecule has 0 aromatic rings. The molecule has 8 heteroatoms. The summed E-state index contributed by atoms with van der Waals surface area (Å²) in [7, 11) is 0. The molecule has 1 saturated heterocycles. The third-order valence-corrected chi connectivity index (χ3v) is 11.3. The average molecular weight is 585 g/mol. The van der Waals surface area contributed by atoms with E-state index < -0.39 is 69.7 Å². The molecule has 232 valence electrons. The fourth-order valence-electron chi connectivity index (χ4n) is 8.39. The molecule has 1 unspecified atom stereocenters. The Morgan fingerprint density at radius 1 is 1.24 bits per heavy atom. The van der Waals surface area contributed by atoms with E-state index >= 15 is 0 Å². The Labute approximate surface area is 249 Å². The Balaban J connectivity index is 1.74. The molecule has 42 heavy (non-hydrogen) atoms. The Hall–Kier alpha value is -2.26. The van der Waals surface area contributed by atoms with Gasteiger partial charge in [-0.1, -0.05) is 59.4 Å². The van der Waals surface area contributed by atoms with Gasteiger partial charge in [-0.05, 0) is 57.8 Å². The van der Waals surface area contributed by atoms with Crippen LogP contribution in [0.5, 0.6) is 0 Å². The SMILES string of the molecule is C=C(O[C@@H]1[C@@H](C)[C@@]2(O)C(C=C3COC(C)(C)O[C@H]3[C@]3(O)C(=O)C(C)=C[C@H]32)[C@@H]2C(C)(C)[C@]12OC(=O)[C@@H](C)CC)/C(C)=C/C. The molecule has 0 radical (unpaired) electrons. The van der Waals surface area contributed by atoms with Crippen LogP contribution in [0.4, 0.5) is 0 Å². The summed E-state index contributed by atoms with van der Waals surface area (Å²) in [4.78, 5) is 27.3. The third-order valence-electron chi connectivity index (χ3n) is 11.3. The van der Waals surface area contributed by atoms with Crippen LogP contribution in [0.15, 0.2) is 47.3 Å². The molecule has 0 aromatic carbocycles. The Kier molecular flexibility index (Phi) is 7.14. The lowest BCUT2D eigenvalue weighted by molar-refractivity contribution is -0.289. The molecule has 10 atom stereocenters. The van der Waals surface area contributed by atoms with Gasteiger partial charge in [0.2, 0.25) is 0 Å². The van der Waals surface area contributed by atoms with Crippen molar-refractivity contribution >= 4 is 11.8 Å². The summed E-state index contributed by atoms with van der Waals surface area (Å²) >= 11 is 0. The number of hydrogen-bond acceptors (Lipinski definition) is 8. The smallest absolute Gasteiger partial charge is 0.309 e. The number of allylic oxidation sites excluding steroid dienone is 2. The first-order valence-corrected chi connectivity index (χ1v) is 15.3. The molecule has 5 aliphatic rings. The van der Waals surface area contributed by atoms with Gasteiger partial charge >= 0.3 is 5.97 Å². The summed E-state index contributed by atoms with van der Waals surface area (Å²) in [5, 5.41) is 25.6. The van der Waals surface area contributed by atoms with E-state index in [2.05, 4.69) is 6.58 Å². The van der Waals surface area contributed by atoms with Crippen LogP contribution >= 0.6 is 0 Å². The van der Waals surface area contributed by atoms with Crippen LogP contribution < -0.4 is 0 Å². The van der Waals surface area contributed by atoms with Crippen molar-refractivity contribution in [1.82, 2.24) is 0 Å². The van der Waals surface area contributed by atoms with Crippen molar-refractivity contribution in [2.45, 2.75) is 110 Å². The summed E-state index contributed by atoms with van der Waals surface area (Å²) in [5.74, 6) is -4.45. The zero-order valence-electron chi connectivity index (χ0n) is 26.7. The van der Waals surface area contributed by atoms with Crippen molar-refractivity contribution in [2.75, 3.05) is 6.61 Å². The number of carbonyl (C=O) groups is 2. The van der Waals surface area contributed by atoms with Gasteiger partial charge < -0.3 is 29.2 Å². The number of ketones is 1. The number of ether oxygens (including phenoxy) is 4. The zero-order chi connectivity index (χ0) is 31.4. The lowest BCUT2D eigenvalue weighted by Crippen LogP contribution is -2.68. The van der Waals surface area contributed by atoms with E-state index in [4.69, 9.17) is 18.9 Å². The molecule has 2 N–H and O–H groups in total. The Bertz CT molecular complexity index is 1300. The fraction of sp³-hybridized carbons (Fsp3) is 0.706. The molecule has 4 aliphatic carbocycles. The van der Waals surface area contributed by atoms with Crippen LogP contribution in [0.25, 0.3) is 0 Å². The molecule has 0 aromatic heterocycles. The van der Waals surface area contributed by atoms with Crippen LogP contribution in [-0.2, 0) is 28.5 Å². The van der Waals surface area contributed by atoms with Gasteiger partial charge in [0.15, 0.2) is 22.8 Å².